The Hall–Kier alpha value is -2.19. The maximum atomic E-state index is 6.34. The van der Waals surface area contributed by atoms with Gasteiger partial charge in [0.1, 0.15) is 0 Å². The first-order chi connectivity index (χ1) is 10.2. The van der Waals surface area contributed by atoms with Gasteiger partial charge in [-0.3, -0.25) is 4.98 Å². The van der Waals surface area contributed by atoms with E-state index in [0.717, 1.165) is 29.4 Å². The lowest BCUT2D eigenvalue weighted by molar-refractivity contribution is 0.652. The molecule has 1 aromatic heterocycles. The van der Waals surface area contributed by atoms with Crippen LogP contribution in [0.1, 0.15) is 29.3 Å². The topological polar surface area (TPSA) is 38.9 Å². The van der Waals surface area contributed by atoms with Crippen LogP contribution in [0.15, 0.2) is 60.7 Å². The summed E-state index contributed by atoms with van der Waals surface area (Å²) in [4.78, 5) is 4.53. The minimum absolute atomic E-state index is 0.0657. The van der Waals surface area contributed by atoms with E-state index < -0.39 is 0 Å². The predicted octanol–water partition coefficient (Wildman–Crippen LogP) is 4.18. The Morgan fingerprint density at radius 3 is 2.62 bits per heavy atom. The van der Waals surface area contributed by atoms with Crippen molar-refractivity contribution >= 4 is 10.9 Å². The van der Waals surface area contributed by atoms with Crippen molar-refractivity contribution in [2.45, 2.75) is 25.8 Å². The number of nitrogens with zero attached hydrogens (tertiary/aromatic N) is 1. The van der Waals surface area contributed by atoms with Gasteiger partial charge >= 0.3 is 0 Å². The Morgan fingerprint density at radius 1 is 1.00 bits per heavy atom. The minimum atomic E-state index is 0.0657. The number of hydrogen-bond donors (Lipinski definition) is 1. The second-order valence-corrected chi connectivity index (χ2v) is 5.54. The number of pyridine rings is 1. The molecule has 0 aliphatic rings. The summed E-state index contributed by atoms with van der Waals surface area (Å²) in [5.41, 5.74) is 10.9. The Balaban J connectivity index is 1.75. The molecule has 0 aliphatic carbocycles. The molecule has 2 aromatic carbocycles. The molecule has 2 heteroatoms. The summed E-state index contributed by atoms with van der Waals surface area (Å²) in [6.45, 7) is 2.01. The molecule has 0 aliphatic heterocycles. The lowest BCUT2D eigenvalue weighted by Crippen LogP contribution is -2.11. The van der Waals surface area contributed by atoms with Gasteiger partial charge in [0.05, 0.1) is 5.52 Å². The standard InChI is InChI=1S/C19H20N2/c1-14-7-9-17-13-16(10-12-19(17)21-14)18(20)11-8-15-5-3-2-4-6-15/h2-7,9-10,12-13,18H,8,11,20H2,1H3/t18-/m0/s1. The van der Waals surface area contributed by atoms with Gasteiger partial charge in [-0.2, -0.15) is 0 Å². The average molecular weight is 276 g/mol. The molecule has 0 saturated heterocycles. The Kier molecular flexibility index (Phi) is 3.98. The molecule has 1 atom stereocenters. The highest BCUT2D eigenvalue weighted by Crippen LogP contribution is 2.21. The molecule has 0 radical (unpaired) electrons. The van der Waals surface area contributed by atoms with Crippen LogP contribution in [0.4, 0.5) is 0 Å². The van der Waals surface area contributed by atoms with E-state index in [-0.39, 0.29) is 6.04 Å². The summed E-state index contributed by atoms with van der Waals surface area (Å²) >= 11 is 0. The summed E-state index contributed by atoms with van der Waals surface area (Å²) in [5, 5.41) is 1.16. The molecule has 0 bridgehead atoms. The lowest BCUT2D eigenvalue weighted by Gasteiger charge is -2.13. The second kappa shape index (κ2) is 6.06. The summed E-state index contributed by atoms with van der Waals surface area (Å²) in [6, 6.07) is 21.1. The van der Waals surface area contributed by atoms with Crippen molar-refractivity contribution in [3.05, 3.63) is 77.5 Å². The Labute approximate surface area is 125 Å². The maximum absolute atomic E-state index is 6.34. The average Bonchev–Trinajstić information content (AvgIpc) is 2.53. The van der Waals surface area contributed by atoms with Crippen LogP contribution in [0.25, 0.3) is 10.9 Å². The number of aryl methyl sites for hydroxylation is 2. The van der Waals surface area contributed by atoms with Crippen LogP contribution in [-0.2, 0) is 6.42 Å². The summed E-state index contributed by atoms with van der Waals surface area (Å²) in [7, 11) is 0. The van der Waals surface area contributed by atoms with Crippen molar-refractivity contribution < 1.29 is 0 Å². The zero-order chi connectivity index (χ0) is 14.7. The number of nitrogens with two attached hydrogens (primary N) is 1. The van der Waals surface area contributed by atoms with Crippen molar-refractivity contribution in [3.63, 3.8) is 0 Å². The van der Waals surface area contributed by atoms with E-state index in [1.54, 1.807) is 0 Å². The van der Waals surface area contributed by atoms with Crippen LogP contribution in [0.5, 0.6) is 0 Å². The number of fused-ring (bicyclic) bond motifs is 1. The quantitative estimate of drug-likeness (QED) is 0.776. The van der Waals surface area contributed by atoms with E-state index >= 15 is 0 Å². The SMILES string of the molecule is Cc1ccc2cc([C@@H](N)CCc3ccccc3)ccc2n1. The zero-order valence-corrected chi connectivity index (χ0v) is 12.3. The third-order valence-corrected chi connectivity index (χ3v) is 3.87. The first-order valence-electron chi connectivity index (χ1n) is 7.39. The monoisotopic (exact) mass is 276 g/mol. The van der Waals surface area contributed by atoms with Gasteiger partial charge in [-0.25, -0.2) is 0 Å². The second-order valence-electron chi connectivity index (χ2n) is 5.54. The number of benzene rings is 2. The van der Waals surface area contributed by atoms with Gasteiger partial charge in [0.25, 0.3) is 0 Å². The first-order valence-corrected chi connectivity index (χ1v) is 7.39. The van der Waals surface area contributed by atoms with E-state index in [0.29, 0.717) is 0 Å². The summed E-state index contributed by atoms with van der Waals surface area (Å²) in [5.74, 6) is 0. The van der Waals surface area contributed by atoms with Crippen molar-refractivity contribution in [1.82, 2.24) is 4.98 Å². The van der Waals surface area contributed by atoms with Crippen LogP contribution in [0.3, 0.4) is 0 Å². The fourth-order valence-electron chi connectivity index (χ4n) is 2.61. The van der Waals surface area contributed by atoms with Crippen LogP contribution >= 0.6 is 0 Å². The van der Waals surface area contributed by atoms with Crippen molar-refractivity contribution in [3.8, 4) is 0 Å². The fraction of sp³-hybridized carbons (Fsp3) is 0.211. The predicted molar refractivity (Wildman–Crippen MR) is 88.2 cm³/mol. The zero-order valence-electron chi connectivity index (χ0n) is 12.3. The Morgan fingerprint density at radius 2 is 1.81 bits per heavy atom. The van der Waals surface area contributed by atoms with Crippen LogP contribution < -0.4 is 5.73 Å². The molecular formula is C19H20N2. The summed E-state index contributed by atoms with van der Waals surface area (Å²) < 4.78 is 0. The van der Waals surface area contributed by atoms with Gasteiger partial charge in [-0.15, -0.1) is 0 Å². The molecule has 1 heterocycles. The molecule has 2 N–H and O–H groups in total. The molecule has 21 heavy (non-hydrogen) atoms. The molecule has 0 spiro atoms. The van der Waals surface area contributed by atoms with Gasteiger partial charge in [-0.05, 0) is 49.1 Å². The molecule has 106 valence electrons. The third-order valence-electron chi connectivity index (χ3n) is 3.87. The molecule has 3 aromatic rings. The largest absolute Gasteiger partial charge is 0.324 e. The van der Waals surface area contributed by atoms with E-state index in [4.69, 9.17) is 5.73 Å². The van der Waals surface area contributed by atoms with Crippen LogP contribution in [0.2, 0.25) is 0 Å². The van der Waals surface area contributed by atoms with E-state index in [2.05, 4.69) is 53.5 Å². The van der Waals surface area contributed by atoms with Crippen LogP contribution in [-0.4, -0.2) is 4.98 Å². The minimum Gasteiger partial charge on any atom is -0.324 e. The molecule has 0 unspecified atom stereocenters. The molecule has 0 fully saturated rings. The number of hydrogen-bond acceptors (Lipinski definition) is 2. The molecule has 3 rings (SSSR count). The Bertz CT molecular complexity index is 735. The highest BCUT2D eigenvalue weighted by atomic mass is 14.7. The van der Waals surface area contributed by atoms with Crippen LogP contribution in [0, 0.1) is 6.92 Å². The van der Waals surface area contributed by atoms with Gasteiger partial charge in [0, 0.05) is 17.1 Å². The summed E-state index contributed by atoms with van der Waals surface area (Å²) in [6.07, 6.45) is 1.96. The van der Waals surface area contributed by atoms with Crippen molar-refractivity contribution in [2.75, 3.05) is 0 Å². The van der Waals surface area contributed by atoms with Gasteiger partial charge < -0.3 is 5.73 Å². The fourth-order valence-corrected chi connectivity index (χ4v) is 2.61. The molecule has 2 nitrogen and oxygen atoms in total. The van der Waals surface area contributed by atoms with Gasteiger partial charge in [0.15, 0.2) is 0 Å². The van der Waals surface area contributed by atoms with E-state index in [1.165, 1.54) is 11.1 Å². The molecule has 0 saturated carbocycles. The third kappa shape index (κ3) is 3.29. The number of rotatable bonds is 4. The number of aromatic nitrogens is 1. The van der Waals surface area contributed by atoms with Crippen molar-refractivity contribution in [2.24, 2.45) is 5.73 Å². The van der Waals surface area contributed by atoms with Gasteiger partial charge in [-0.1, -0.05) is 42.5 Å². The first kappa shape index (κ1) is 13.8. The lowest BCUT2D eigenvalue weighted by atomic mass is 9.98. The molecule has 0 amide bonds. The molecular weight excluding hydrogens is 256 g/mol. The highest BCUT2D eigenvalue weighted by Gasteiger charge is 2.07. The smallest absolute Gasteiger partial charge is 0.0705 e. The van der Waals surface area contributed by atoms with E-state index in [1.807, 2.05) is 19.1 Å². The maximum Gasteiger partial charge on any atom is 0.0705 e. The normalized spacial score (nSPS) is 12.5. The highest BCUT2D eigenvalue weighted by molar-refractivity contribution is 5.79. The van der Waals surface area contributed by atoms with Crippen molar-refractivity contribution in [1.29, 1.82) is 0 Å². The van der Waals surface area contributed by atoms with E-state index in [9.17, 15) is 0 Å². The van der Waals surface area contributed by atoms with Gasteiger partial charge in [0.2, 0.25) is 0 Å².